The summed E-state index contributed by atoms with van der Waals surface area (Å²) in [4.78, 5) is 0. The standard InChI is InChI=1S/C14H17NO2/c15-12(8-9-16)10-17-14-7-3-5-11-4-1-2-6-13(11)14/h1-7,12,16H,8-10,15H2. The Morgan fingerprint density at radius 2 is 1.88 bits per heavy atom. The number of fused-ring (bicyclic) bond motifs is 1. The minimum absolute atomic E-state index is 0.0973. The van der Waals surface area contributed by atoms with Crippen molar-refractivity contribution in [2.45, 2.75) is 12.5 Å². The summed E-state index contributed by atoms with van der Waals surface area (Å²) >= 11 is 0. The van der Waals surface area contributed by atoms with Crippen LogP contribution in [0.1, 0.15) is 6.42 Å². The zero-order valence-corrected chi connectivity index (χ0v) is 9.67. The van der Waals surface area contributed by atoms with Gasteiger partial charge in [-0.3, -0.25) is 0 Å². The van der Waals surface area contributed by atoms with E-state index in [2.05, 4.69) is 12.1 Å². The Morgan fingerprint density at radius 1 is 1.12 bits per heavy atom. The van der Waals surface area contributed by atoms with Crippen molar-refractivity contribution in [3.63, 3.8) is 0 Å². The van der Waals surface area contributed by atoms with Crippen LogP contribution in [0.4, 0.5) is 0 Å². The molecule has 0 saturated carbocycles. The summed E-state index contributed by atoms with van der Waals surface area (Å²) in [7, 11) is 0. The van der Waals surface area contributed by atoms with Crippen molar-refractivity contribution < 1.29 is 9.84 Å². The average molecular weight is 231 g/mol. The van der Waals surface area contributed by atoms with Crippen molar-refractivity contribution in [2.24, 2.45) is 5.73 Å². The topological polar surface area (TPSA) is 55.5 Å². The second-order valence-electron chi connectivity index (χ2n) is 4.06. The summed E-state index contributed by atoms with van der Waals surface area (Å²) in [5.41, 5.74) is 5.79. The number of nitrogens with two attached hydrogens (primary N) is 1. The normalized spacial score (nSPS) is 12.6. The fourth-order valence-corrected chi connectivity index (χ4v) is 1.77. The van der Waals surface area contributed by atoms with Crippen molar-refractivity contribution in [3.8, 4) is 5.75 Å². The van der Waals surface area contributed by atoms with E-state index in [1.54, 1.807) is 0 Å². The molecule has 0 heterocycles. The zero-order valence-electron chi connectivity index (χ0n) is 9.67. The monoisotopic (exact) mass is 231 g/mol. The zero-order chi connectivity index (χ0) is 12.1. The first-order valence-electron chi connectivity index (χ1n) is 5.78. The van der Waals surface area contributed by atoms with Gasteiger partial charge in [-0.1, -0.05) is 36.4 Å². The second-order valence-corrected chi connectivity index (χ2v) is 4.06. The maximum absolute atomic E-state index is 8.77. The quantitative estimate of drug-likeness (QED) is 0.826. The molecule has 0 aliphatic heterocycles. The van der Waals surface area contributed by atoms with Gasteiger partial charge in [0.15, 0.2) is 0 Å². The van der Waals surface area contributed by atoms with Gasteiger partial charge in [0, 0.05) is 18.0 Å². The fourth-order valence-electron chi connectivity index (χ4n) is 1.77. The van der Waals surface area contributed by atoms with Gasteiger partial charge in [-0.15, -0.1) is 0 Å². The third kappa shape index (κ3) is 2.96. The first-order chi connectivity index (χ1) is 8.31. The van der Waals surface area contributed by atoms with Gasteiger partial charge in [-0.2, -0.15) is 0 Å². The molecule has 0 aliphatic carbocycles. The van der Waals surface area contributed by atoms with E-state index in [0.717, 1.165) is 16.5 Å². The molecule has 1 unspecified atom stereocenters. The van der Waals surface area contributed by atoms with Crippen molar-refractivity contribution in [1.29, 1.82) is 0 Å². The van der Waals surface area contributed by atoms with Crippen LogP contribution >= 0.6 is 0 Å². The first kappa shape index (κ1) is 11.9. The van der Waals surface area contributed by atoms with Crippen LogP contribution in [0.2, 0.25) is 0 Å². The number of hydrogen-bond donors (Lipinski definition) is 2. The van der Waals surface area contributed by atoms with Gasteiger partial charge in [-0.25, -0.2) is 0 Å². The van der Waals surface area contributed by atoms with Gasteiger partial charge in [0.05, 0.1) is 0 Å². The van der Waals surface area contributed by atoms with Crippen LogP contribution < -0.4 is 10.5 Å². The van der Waals surface area contributed by atoms with Crippen LogP contribution in [-0.4, -0.2) is 24.4 Å². The predicted octanol–water partition coefficient (Wildman–Crippen LogP) is 1.93. The molecule has 0 fully saturated rings. The van der Waals surface area contributed by atoms with Gasteiger partial charge in [-0.05, 0) is 17.9 Å². The molecule has 0 saturated heterocycles. The first-order valence-corrected chi connectivity index (χ1v) is 5.78. The molecule has 0 amide bonds. The molecule has 0 spiro atoms. The fraction of sp³-hybridized carbons (Fsp3) is 0.286. The van der Waals surface area contributed by atoms with Crippen LogP contribution in [0.5, 0.6) is 5.75 Å². The Bertz CT molecular complexity index is 479. The summed E-state index contributed by atoms with van der Waals surface area (Å²) in [6, 6.07) is 13.9. The summed E-state index contributed by atoms with van der Waals surface area (Å²) in [5.74, 6) is 0.844. The highest BCUT2D eigenvalue weighted by molar-refractivity contribution is 5.88. The molecular weight excluding hydrogens is 214 g/mol. The Kier molecular flexibility index (Phi) is 3.96. The molecule has 0 aromatic heterocycles. The van der Waals surface area contributed by atoms with E-state index in [9.17, 15) is 0 Å². The minimum atomic E-state index is -0.126. The summed E-state index contributed by atoms with van der Waals surface area (Å²) < 4.78 is 5.70. The van der Waals surface area contributed by atoms with Gasteiger partial charge in [0.1, 0.15) is 12.4 Å². The number of ether oxygens (including phenoxy) is 1. The molecule has 3 nitrogen and oxygen atoms in total. The third-order valence-corrected chi connectivity index (χ3v) is 2.70. The lowest BCUT2D eigenvalue weighted by Crippen LogP contribution is -2.28. The molecular formula is C14H17NO2. The number of rotatable bonds is 5. The van der Waals surface area contributed by atoms with Gasteiger partial charge < -0.3 is 15.6 Å². The Balaban J connectivity index is 2.13. The molecule has 2 rings (SSSR count). The van der Waals surface area contributed by atoms with Gasteiger partial charge in [0.2, 0.25) is 0 Å². The van der Waals surface area contributed by atoms with E-state index in [1.807, 2.05) is 30.3 Å². The molecule has 1 atom stereocenters. The van der Waals surface area contributed by atoms with Crippen LogP contribution in [-0.2, 0) is 0 Å². The van der Waals surface area contributed by atoms with E-state index in [1.165, 1.54) is 0 Å². The highest BCUT2D eigenvalue weighted by atomic mass is 16.5. The van der Waals surface area contributed by atoms with E-state index < -0.39 is 0 Å². The molecule has 0 radical (unpaired) electrons. The number of aliphatic hydroxyl groups excluding tert-OH is 1. The molecule has 90 valence electrons. The largest absolute Gasteiger partial charge is 0.491 e. The van der Waals surface area contributed by atoms with E-state index in [-0.39, 0.29) is 12.6 Å². The maximum Gasteiger partial charge on any atom is 0.127 e. The van der Waals surface area contributed by atoms with Crippen LogP contribution in [0.15, 0.2) is 42.5 Å². The Hall–Kier alpha value is -1.58. The molecule has 0 bridgehead atoms. The smallest absolute Gasteiger partial charge is 0.127 e. The lowest BCUT2D eigenvalue weighted by Gasteiger charge is -2.13. The summed E-state index contributed by atoms with van der Waals surface area (Å²) in [6.45, 7) is 0.522. The second kappa shape index (κ2) is 5.66. The van der Waals surface area contributed by atoms with Gasteiger partial charge >= 0.3 is 0 Å². The highest BCUT2D eigenvalue weighted by Gasteiger charge is 2.05. The summed E-state index contributed by atoms with van der Waals surface area (Å²) in [6.07, 6.45) is 0.560. The number of aliphatic hydroxyl groups is 1. The number of hydrogen-bond acceptors (Lipinski definition) is 3. The predicted molar refractivity (Wildman–Crippen MR) is 69.1 cm³/mol. The van der Waals surface area contributed by atoms with E-state index >= 15 is 0 Å². The third-order valence-electron chi connectivity index (χ3n) is 2.70. The van der Waals surface area contributed by atoms with Crippen LogP contribution in [0.25, 0.3) is 10.8 Å². The molecule has 3 N–H and O–H groups in total. The number of benzene rings is 2. The average Bonchev–Trinajstić information content (AvgIpc) is 2.36. The highest BCUT2D eigenvalue weighted by Crippen LogP contribution is 2.25. The van der Waals surface area contributed by atoms with Crippen LogP contribution in [0, 0.1) is 0 Å². The molecule has 2 aromatic rings. The maximum atomic E-state index is 8.77. The van der Waals surface area contributed by atoms with Crippen molar-refractivity contribution >= 4 is 10.8 Å². The molecule has 2 aromatic carbocycles. The van der Waals surface area contributed by atoms with Crippen molar-refractivity contribution in [2.75, 3.05) is 13.2 Å². The van der Waals surface area contributed by atoms with E-state index in [0.29, 0.717) is 13.0 Å². The molecule has 3 heteroatoms. The lowest BCUT2D eigenvalue weighted by molar-refractivity contribution is 0.235. The minimum Gasteiger partial charge on any atom is -0.491 e. The van der Waals surface area contributed by atoms with Gasteiger partial charge in [0.25, 0.3) is 0 Å². The van der Waals surface area contributed by atoms with Crippen LogP contribution in [0.3, 0.4) is 0 Å². The van der Waals surface area contributed by atoms with E-state index in [4.69, 9.17) is 15.6 Å². The molecule has 0 aliphatic rings. The molecule has 17 heavy (non-hydrogen) atoms. The summed E-state index contributed by atoms with van der Waals surface area (Å²) in [5, 5.41) is 11.0. The Labute approximate surface area is 101 Å². The van der Waals surface area contributed by atoms with Crippen molar-refractivity contribution in [3.05, 3.63) is 42.5 Å². The lowest BCUT2D eigenvalue weighted by atomic mass is 10.1. The SMILES string of the molecule is NC(CCO)COc1cccc2ccccc12. The van der Waals surface area contributed by atoms with Crippen molar-refractivity contribution in [1.82, 2.24) is 0 Å². The Morgan fingerprint density at radius 3 is 2.71 bits per heavy atom.